The third kappa shape index (κ3) is 8.47. The number of carbonyl (C=O) groups is 4. The fraction of sp³-hybridized carbons (Fsp3) is 0.0323. The van der Waals surface area contributed by atoms with Crippen molar-refractivity contribution in [3.63, 3.8) is 0 Å². The zero-order chi connectivity index (χ0) is 30.1. The maximum atomic E-state index is 13.3. The minimum atomic E-state index is -1.04. The molecule has 0 fully saturated rings. The molecule has 4 aromatic carbocycles. The Bertz CT molecular complexity index is 1640. The molecule has 4 N–H and O–H groups in total. The highest BCUT2D eigenvalue weighted by Gasteiger charge is 2.16. The summed E-state index contributed by atoms with van der Waals surface area (Å²) in [4.78, 5) is 50.1. The number of carbonyl (C=O) groups excluding carboxylic acids is 3. The van der Waals surface area contributed by atoms with Crippen LogP contribution in [0.15, 0.2) is 108 Å². The van der Waals surface area contributed by atoms with Crippen LogP contribution in [0, 0.1) is 0 Å². The Morgan fingerprint density at radius 3 is 2.05 bits per heavy atom. The molecule has 0 bridgehead atoms. The first-order valence-electron chi connectivity index (χ1n) is 12.4. The first-order chi connectivity index (χ1) is 20.2. The van der Waals surface area contributed by atoms with Crippen molar-refractivity contribution < 1.29 is 24.3 Å². The fourth-order valence-electron chi connectivity index (χ4n) is 3.60. The molecule has 0 aromatic heterocycles. The lowest BCUT2D eigenvalue weighted by Gasteiger charge is -2.12. The van der Waals surface area contributed by atoms with Crippen LogP contribution in [0.3, 0.4) is 0 Å². The highest BCUT2D eigenvalue weighted by molar-refractivity contribution is 8.00. The summed E-state index contributed by atoms with van der Waals surface area (Å²) < 4.78 is 0. The van der Waals surface area contributed by atoms with Gasteiger partial charge in [-0.05, 0) is 78.4 Å². The Labute approximate surface area is 255 Å². The Balaban J connectivity index is 1.40. The number of halogens is 2. The van der Waals surface area contributed by atoms with Crippen LogP contribution < -0.4 is 16.0 Å². The van der Waals surface area contributed by atoms with Crippen LogP contribution in [0.4, 0.5) is 11.4 Å². The summed E-state index contributed by atoms with van der Waals surface area (Å²) >= 11 is 13.7. The molecule has 4 aromatic rings. The van der Waals surface area contributed by atoms with Gasteiger partial charge in [0.25, 0.3) is 11.8 Å². The van der Waals surface area contributed by atoms with E-state index in [0.717, 1.165) is 4.90 Å². The van der Waals surface area contributed by atoms with Crippen molar-refractivity contribution in [1.82, 2.24) is 5.32 Å². The third-order valence-electron chi connectivity index (χ3n) is 5.71. The van der Waals surface area contributed by atoms with Crippen LogP contribution in [0.25, 0.3) is 6.08 Å². The van der Waals surface area contributed by atoms with Crippen molar-refractivity contribution in [3.05, 3.63) is 129 Å². The van der Waals surface area contributed by atoms with Crippen molar-refractivity contribution in [2.75, 3.05) is 16.4 Å². The summed E-state index contributed by atoms with van der Waals surface area (Å²) in [7, 11) is 0. The fourth-order valence-corrected chi connectivity index (χ4v) is 4.67. The van der Waals surface area contributed by atoms with Gasteiger partial charge in [-0.2, -0.15) is 0 Å². The number of aromatic carboxylic acids is 1. The van der Waals surface area contributed by atoms with E-state index in [4.69, 9.17) is 28.3 Å². The van der Waals surface area contributed by atoms with E-state index in [1.807, 2.05) is 0 Å². The second-order valence-corrected chi connectivity index (χ2v) is 10.6. The highest BCUT2D eigenvalue weighted by atomic mass is 35.5. The third-order valence-corrected chi connectivity index (χ3v) is 7.55. The van der Waals surface area contributed by atoms with Crippen LogP contribution in [-0.4, -0.2) is 34.6 Å². The molecule has 0 aliphatic heterocycles. The number of hydrogen-bond acceptors (Lipinski definition) is 5. The lowest BCUT2D eigenvalue weighted by Crippen LogP contribution is -2.30. The second-order valence-electron chi connectivity index (χ2n) is 8.72. The molecule has 4 rings (SSSR count). The van der Waals surface area contributed by atoms with Gasteiger partial charge in [0.1, 0.15) is 5.70 Å². The molecule has 0 aliphatic rings. The molecule has 0 unspecified atom stereocenters. The highest BCUT2D eigenvalue weighted by Crippen LogP contribution is 2.27. The van der Waals surface area contributed by atoms with E-state index in [0.29, 0.717) is 27.5 Å². The maximum absolute atomic E-state index is 13.3. The summed E-state index contributed by atoms with van der Waals surface area (Å²) in [6, 6.07) is 26.1. The number of rotatable bonds is 10. The van der Waals surface area contributed by atoms with Crippen LogP contribution >= 0.6 is 35.0 Å². The van der Waals surface area contributed by atoms with Crippen molar-refractivity contribution in [1.29, 1.82) is 0 Å². The van der Waals surface area contributed by atoms with Crippen LogP contribution in [-0.2, 0) is 9.59 Å². The number of amides is 3. The quantitative estimate of drug-likeness (QED) is 0.114. The zero-order valence-electron chi connectivity index (χ0n) is 21.8. The van der Waals surface area contributed by atoms with Gasteiger partial charge in [-0.25, -0.2) is 4.79 Å². The smallest absolute Gasteiger partial charge is 0.335 e. The van der Waals surface area contributed by atoms with Crippen LogP contribution in [0.5, 0.6) is 0 Å². The van der Waals surface area contributed by atoms with Gasteiger partial charge >= 0.3 is 5.97 Å². The van der Waals surface area contributed by atoms with Crippen molar-refractivity contribution >= 4 is 76.1 Å². The van der Waals surface area contributed by atoms with Gasteiger partial charge < -0.3 is 21.1 Å². The molecule has 0 radical (unpaired) electrons. The molecule has 0 saturated heterocycles. The average molecular weight is 621 g/mol. The number of thioether (sulfide) groups is 1. The zero-order valence-corrected chi connectivity index (χ0v) is 24.1. The average Bonchev–Trinajstić information content (AvgIpc) is 2.99. The van der Waals surface area contributed by atoms with Crippen molar-refractivity contribution in [3.8, 4) is 0 Å². The number of anilines is 2. The Morgan fingerprint density at radius 2 is 1.38 bits per heavy atom. The molecule has 8 nitrogen and oxygen atoms in total. The molecule has 212 valence electrons. The molecule has 11 heteroatoms. The van der Waals surface area contributed by atoms with E-state index in [1.54, 1.807) is 72.8 Å². The van der Waals surface area contributed by atoms with Crippen molar-refractivity contribution in [2.24, 2.45) is 0 Å². The van der Waals surface area contributed by atoms with E-state index in [-0.39, 0.29) is 27.9 Å². The first-order valence-corrected chi connectivity index (χ1v) is 14.1. The summed E-state index contributed by atoms with van der Waals surface area (Å²) in [5.74, 6) is -2.24. The molecule has 0 saturated carbocycles. The number of hydrogen-bond donors (Lipinski definition) is 4. The van der Waals surface area contributed by atoms with Gasteiger partial charge in [0.15, 0.2) is 0 Å². The molecule has 0 aliphatic carbocycles. The van der Waals surface area contributed by atoms with Crippen molar-refractivity contribution in [2.45, 2.75) is 4.90 Å². The summed E-state index contributed by atoms with van der Waals surface area (Å²) in [5.41, 5.74) is 1.86. The molecule has 0 spiro atoms. The van der Waals surface area contributed by atoms with Gasteiger partial charge in [-0.3, -0.25) is 14.4 Å². The Kier molecular flexibility index (Phi) is 10.4. The molecular weight excluding hydrogens is 597 g/mol. The number of nitrogens with one attached hydrogen (secondary N) is 3. The topological polar surface area (TPSA) is 125 Å². The standard InChI is InChI=1S/C31H23Cl2N3O5S/c32-25-8-4-7-21(28(25)33)17-26(36-29(38)19-5-2-1-3-6-19)30(39)35-23-13-15-24(16-14-23)42-18-27(37)34-22-11-9-20(10-12-22)31(40)41/h1-17H,18H2,(H,34,37)(H,35,39)(H,36,38)(H,40,41)/b26-17-. The Morgan fingerprint density at radius 1 is 0.738 bits per heavy atom. The number of carboxylic acids is 1. The predicted molar refractivity (Wildman–Crippen MR) is 166 cm³/mol. The molecule has 0 heterocycles. The number of carboxylic acid groups (broad SMARTS) is 1. The minimum absolute atomic E-state index is 0.0421. The normalized spacial score (nSPS) is 11.0. The number of benzene rings is 4. The van der Waals surface area contributed by atoms with Crippen LogP contribution in [0.2, 0.25) is 10.0 Å². The summed E-state index contributed by atoms with van der Waals surface area (Å²) in [5, 5.41) is 17.6. The minimum Gasteiger partial charge on any atom is -0.478 e. The maximum Gasteiger partial charge on any atom is 0.335 e. The monoisotopic (exact) mass is 619 g/mol. The molecule has 3 amide bonds. The molecular formula is C31H23Cl2N3O5S. The van der Waals surface area contributed by atoms with E-state index in [1.165, 1.54) is 42.1 Å². The van der Waals surface area contributed by atoms with E-state index in [9.17, 15) is 19.2 Å². The van der Waals surface area contributed by atoms with Gasteiger partial charge in [-0.1, -0.05) is 53.5 Å². The molecule has 0 atom stereocenters. The van der Waals surface area contributed by atoms with Gasteiger partial charge in [-0.15, -0.1) is 11.8 Å². The lowest BCUT2D eigenvalue weighted by atomic mass is 10.1. The van der Waals surface area contributed by atoms with Crippen LogP contribution in [0.1, 0.15) is 26.3 Å². The largest absolute Gasteiger partial charge is 0.478 e. The van der Waals surface area contributed by atoms with Gasteiger partial charge in [0.2, 0.25) is 5.91 Å². The van der Waals surface area contributed by atoms with E-state index < -0.39 is 17.8 Å². The van der Waals surface area contributed by atoms with E-state index >= 15 is 0 Å². The Hall–Kier alpha value is -4.57. The van der Waals surface area contributed by atoms with Gasteiger partial charge in [0.05, 0.1) is 21.4 Å². The lowest BCUT2D eigenvalue weighted by molar-refractivity contribution is -0.114. The SMILES string of the molecule is O=C(CSc1ccc(NC(=O)/C(=C/c2cccc(Cl)c2Cl)NC(=O)c2ccccc2)cc1)Nc1ccc(C(=O)O)cc1. The van der Waals surface area contributed by atoms with Gasteiger partial charge in [0, 0.05) is 21.8 Å². The molecule has 42 heavy (non-hydrogen) atoms. The predicted octanol–water partition coefficient (Wildman–Crippen LogP) is 6.83. The second kappa shape index (κ2) is 14.4. The first kappa shape index (κ1) is 30.4. The van der Waals surface area contributed by atoms with E-state index in [2.05, 4.69) is 16.0 Å². The summed E-state index contributed by atoms with van der Waals surface area (Å²) in [6.07, 6.45) is 1.45. The summed E-state index contributed by atoms with van der Waals surface area (Å²) in [6.45, 7) is 0.